The zero-order valence-electron chi connectivity index (χ0n) is 16.7. The van der Waals surface area contributed by atoms with Crippen molar-refractivity contribution >= 4 is 11.9 Å². The molecule has 0 radical (unpaired) electrons. The third kappa shape index (κ3) is 9.80. The Bertz CT molecular complexity index is 681. The molecule has 0 heterocycles. The van der Waals surface area contributed by atoms with Crippen molar-refractivity contribution in [3.8, 4) is 23.0 Å². The maximum Gasteiger partial charge on any atom is 2.00 e. The van der Waals surface area contributed by atoms with Crippen molar-refractivity contribution in [3.05, 3.63) is 48.5 Å². The Kier molecular flexibility index (Phi) is 12.1. The number of carboxylic acids is 2. The quantitative estimate of drug-likeness (QED) is 0.526. The maximum atomic E-state index is 10.4. The first kappa shape index (κ1) is 26.2. The Balaban J connectivity index is 0.000000523. The van der Waals surface area contributed by atoms with Crippen LogP contribution in [0.2, 0.25) is 0 Å². The van der Waals surface area contributed by atoms with Crippen molar-refractivity contribution in [1.29, 1.82) is 0 Å². The maximum absolute atomic E-state index is 10.4. The van der Waals surface area contributed by atoms with Gasteiger partial charge in [-0.25, -0.2) is 0 Å². The second-order valence-corrected chi connectivity index (χ2v) is 5.51. The van der Waals surface area contributed by atoms with Crippen molar-refractivity contribution in [2.24, 2.45) is 0 Å². The van der Waals surface area contributed by atoms with E-state index in [0.717, 1.165) is 0 Å². The number of aliphatic carboxylic acids is 2. The summed E-state index contributed by atoms with van der Waals surface area (Å²) in [4.78, 5) is 20.7. The van der Waals surface area contributed by atoms with E-state index >= 15 is 0 Å². The van der Waals surface area contributed by atoms with Gasteiger partial charge in [0.1, 0.15) is 35.2 Å². The molecule has 0 aliphatic rings. The fourth-order valence-corrected chi connectivity index (χ4v) is 1.81. The molecule has 0 saturated carbocycles. The standard InChI is InChI=1S/2C10H12O4.Zn/c2*1-7(10(11)12)14-9-5-3-8(13-2)4-6-9;/h2*3-7H,1-2H3,(H,11,12);/q;;+2/p-2. The van der Waals surface area contributed by atoms with Gasteiger partial charge in [0.05, 0.1) is 26.2 Å². The van der Waals surface area contributed by atoms with Gasteiger partial charge in [0, 0.05) is 0 Å². The van der Waals surface area contributed by atoms with E-state index in [1.807, 2.05) is 0 Å². The molecule has 29 heavy (non-hydrogen) atoms. The van der Waals surface area contributed by atoms with Crippen molar-refractivity contribution in [2.75, 3.05) is 14.2 Å². The minimum absolute atomic E-state index is 0. The van der Waals surface area contributed by atoms with Gasteiger partial charge in [0.2, 0.25) is 0 Å². The van der Waals surface area contributed by atoms with E-state index in [1.165, 1.54) is 13.8 Å². The van der Waals surface area contributed by atoms with E-state index < -0.39 is 24.1 Å². The summed E-state index contributed by atoms with van der Waals surface area (Å²) in [5, 5.41) is 20.7. The molecule has 0 aromatic heterocycles. The van der Waals surface area contributed by atoms with Crippen molar-refractivity contribution in [1.82, 2.24) is 0 Å². The molecule has 8 nitrogen and oxygen atoms in total. The van der Waals surface area contributed by atoms with Gasteiger partial charge in [-0.2, -0.15) is 0 Å². The third-order valence-electron chi connectivity index (χ3n) is 3.41. The van der Waals surface area contributed by atoms with Crippen molar-refractivity contribution < 1.29 is 58.2 Å². The monoisotopic (exact) mass is 454 g/mol. The van der Waals surface area contributed by atoms with Crippen LogP contribution in [0.4, 0.5) is 0 Å². The van der Waals surface area contributed by atoms with Crippen LogP contribution in [-0.2, 0) is 29.1 Å². The topological polar surface area (TPSA) is 117 Å². The summed E-state index contributed by atoms with van der Waals surface area (Å²) >= 11 is 0. The van der Waals surface area contributed by atoms with E-state index in [1.54, 1.807) is 62.8 Å². The molecule has 0 amide bonds. The number of benzene rings is 2. The van der Waals surface area contributed by atoms with Crippen LogP contribution in [0, 0.1) is 0 Å². The zero-order chi connectivity index (χ0) is 21.1. The first-order valence-electron chi connectivity index (χ1n) is 8.30. The Morgan fingerprint density at radius 2 is 0.897 bits per heavy atom. The van der Waals surface area contributed by atoms with E-state index in [2.05, 4.69) is 0 Å². The summed E-state index contributed by atoms with van der Waals surface area (Å²) in [5.41, 5.74) is 0. The second kappa shape index (κ2) is 13.4. The smallest absolute Gasteiger partial charge is 0.546 e. The summed E-state index contributed by atoms with van der Waals surface area (Å²) in [6.45, 7) is 2.83. The van der Waals surface area contributed by atoms with Crippen LogP contribution in [0.15, 0.2) is 48.5 Å². The zero-order valence-corrected chi connectivity index (χ0v) is 19.7. The van der Waals surface area contributed by atoms with Crippen LogP contribution in [0.1, 0.15) is 13.8 Å². The molecule has 0 fully saturated rings. The van der Waals surface area contributed by atoms with E-state index in [0.29, 0.717) is 23.0 Å². The predicted octanol–water partition coefficient (Wildman–Crippen LogP) is 0.422. The molecule has 0 saturated heterocycles. The molecule has 2 rings (SSSR count). The van der Waals surface area contributed by atoms with Crippen LogP contribution in [0.25, 0.3) is 0 Å². The average Bonchev–Trinajstić information content (AvgIpc) is 2.69. The molecule has 2 aromatic rings. The van der Waals surface area contributed by atoms with Crippen LogP contribution in [0.3, 0.4) is 0 Å². The van der Waals surface area contributed by atoms with E-state index in [4.69, 9.17) is 18.9 Å². The molecule has 0 N–H and O–H groups in total. The number of ether oxygens (including phenoxy) is 4. The average molecular weight is 456 g/mol. The number of carbonyl (C=O) groups is 2. The molecular weight excluding hydrogens is 434 g/mol. The van der Waals surface area contributed by atoms with Gasteiger partial charge in [-0.15, -0.1) is 0 Å². The summed E-state index contributed by atoms with van der Waals surface area (Å²) in [7, 11) is 3.11. The SMILES string of the molecule is COc1ccc(OC(C)C(=O)[O-])cc1.COc1ccc(OC(C)C(=O)[O-])cc1.[Zn+2]. The molecule has 0 aliphatic heterocycles. The molecular formula is C20H22O8Zn. The molecule has 2 atom stereocenters. The van der Waals surface area contributed by atoms with E-state index in [-0.39, 0.29) is 19.5 Å². The van der Waals surface area contributed by atoms with Crippen molar-refractivity contribution in [2.45, 2.75) is 26.1 Å². The normalized spacial score (nSPS) is 11.4. The first-order chi connectivity index (χ1) is 13.3. The van der Waals surface area contributed by atoms with E-state index in [9.17, 15) is 19.8 Å². The molecule has 2 unspecified atom stereocenters. The van der Waals surface area contributed by atoms with Crippen molar-refractivity contribution in [3.63, 3.8) is 0 Å². The van der Waals surface area contributed by atoms with Crippen LogP contribution in [0.5, 0.6) is 23.0 Å². The van der Waals surface area contributed by atoms with Crippen LogP contribution < -0.4 is 29.2 Å². The number of rotatable bonds is 8. The van der Waals surface area contributed by atoms with Gasteiger partial charge in [-0.05, 0) is 62.4 Å². The molecule has 0 aliphatic carbocycles. The van der Waals surface area contributed by atoms with Gasteiger partial charge in [0.25, 0.3) is 0 Å². The molecule has 152 valence electrons. The van der Waals surface area contributed by atoms with Gasteiger partial charge >= 0.3 is 19.5 Å². The summed E-state index contributed by atoms with van der Waals surface area (Å²) in [6.07, 6.45) is -1.91. The second-order valence-electron chi connectivity index (χ2n) is 5.51. The van der Waals surface area contributed by atoms with Crippen LogP contribution in [-0.4, -0.2) is 38.4 Å². The molecule has 0 bridgehead atoms. The number of carboxylic acid groups (broad SMARTS) is 2. The minimum Gasteiger partial charge on any atom is -0.546 e. The van der Waals surface area contributed by atoms with Crippen LogP contribution >= 0.6 is 0 Å². The van der Waals surface area contributed by atoms with Gasteiger partial charge in [0.15, 0.2) is 0 Å². The fraction of sp³-hybridized carbons (Fsp3) is 0.300. The number of hydrogen-bond acceptors (Lipinski definition) is 8. The summed E-state index contributed by atoms with van der Waals surface area (Å²) in [5.74, 6) is -0.136. The molecule has 0 spiro atoms. The van der Waals surface area contributed by atoms with Gasteiger partial charge in [-0.3, -0.25) is 0 Å². The Morgan fingerprint density at radius 3 is 1.10 bits per heavy atom. The first-order valence-corrected chi connectivity index (χ1v) is 8.30. The summed E-state index contributed by atoms with van der Waals surface area (Å²) < 4.78 is 20.0. The number of hydrogen-bond donors (Lipinski definition) is 0. The summed E-state index contributed by atoms with van der Waals surface area (Å²) in [6, 6.07) is 13.3. The Hall–Kier alpha value is -2.80. The third-order valence-corrected chi connectivity index (χ3v) is 3.41. The molecule has 9 heteroatoms. The Labute approximate surface area is 182 Å². The minimum atomic E-state index is -1.24. The van der Waals surface area contributed by atoms with Gasteiger partial charge in [-0.1, -0.05) is 0 Å². The molecule has 2 aromatic carbocycles. The fourth-order valence-electron chi connectivity index (χ4n) is 1.81. The van der Waals surface area contributed by atoms with Gasteiger partial charge < -0.3 is 38.7 Å². The number of carbonyl (C=O) groups excluding carboxylic acids is 2. The predicted molar refractivity (Wildman–Crippen MR) is 96.2 cm³/mol. The Morgan fingerprint density at radius 1 is 0.655 bits per heavy atom. The largest absolute Gasteiger partial charge is 2.00 e. The number of methoxy groups -OCH3 is 2.